The van der Waals surface area contributed by atoms with Crippen LogP contribution < -0.4 is 0 Å². The van der Waals surface area contributed by atoms with E-state index in [4.69, 9.17) is 9.40 Å². The molecule has 0 unspecified atom stereocenters. The zero-order chi connectivity index (χ0) is 38.3. The van der Waals surface area contributed by atoms with Crippen LogP contribution in [0.25, 0.3) is 99.8 Å². The minimum atomic E-state index is -0.0663. The third kappa shape index (κ3) is 5.25. The SMILES string of the molecule is CC(C)(C)c1cc2c(cc1-c1ccccc1)c1cc(-c3cccc4c3oc3c(-n5c(-c6ccccc6)nc6ccccc65)cccc34)ccc1n2-c1ccccc1. The Hall–Kier alpha value is -7.17. The highest BCUT2D eigenvalue weighted by Gasteiger charge is 2.24. The maximum absolute atomic E-state index is 7.08. The van der Waals surface area contributed by atoms with Crippen molar-refractivity contribution in [2.24, 2.45) is 0 Å². The van der Waals surface area contributed by atoms with Gasteiger partial charge in [-0.3, -0.25) is 4.57 Å². The molecule has 11 aromatic rings. The largest absolute Gasteiger partial charge is 0.453 e. The normalized spacial score (nSPS) is 12.1. The monoisotopic (exact) mass is 733 g/mol. The minimum absolute atomic E-state index is 0.0663. The Morgan fingerprint density at radius 1 is 0.439 bits per heavy atom. The Kier molecular flexibility index (Phi) is 7.39. The summed E-state index contributed by atoms with van der Waals surface area (Å²) in [5, 5.41) is 4.59. The second kappa shape index (κ2) is 12.7. The lowest BCUT2D eigenvalue weighted by Gasteiger charge is -2.24. The average molecular weight is 734 g/mol. The van der Waals surface area contributed by atoms with E-state index in [1.807, 2.05) is 12.1 Å². The molecule has 0 aliphatic heterocycles. The van der Waals surface area contributed by atoms with Crippen LogP contribution >= 0.6 is 0 Å². The van der Waals surface area contributed by atoms with Crippen LogP contribution in [0.15, 0.2) is 186 Å². The molecule has 8 aromatic carbocycles. The summed E-state index contributed by atoms with van der Waals surface area (Å²) in [6.45, 7) is 6.93. The molecule has 0 N–H and O–H groups in total. The molecular formula is C53H39N3O. The highest BCUT2D eigenvalue weighted by atomic mass is 16.3. The van der Waals surface area contributed by atoms with E-state index in [9.17, 15) is 0 Å². The van der Waals surface area contributed by atoms with Gasteiger partial charge >= 0.3 is 0 Å². The van der Waals surface area contributed by atoms with Crippen molar-refractivity contribution in [1.29, 1.82) is 0 Å². The summed E-state index contributed by atoms with van der Waals surface area (Å²) in [5.74, 6) is 0.884. The first kappa shape index (κ1) is 33.2. The van der Waals surface area contributed by atoms with E-state index in [2.05, 4.69) is 200 Å². The summed E-state index contributed by atoms with van der Waals surface area (Å²) >= 11 is 0. The summed E-state index contributed by atoms with van der Waals surface area (Å²) in [6, 6.07) is 65.0. The Labute approximate surface area is 330 Å². The maximum Gasteiger partial charge on any atom is 0.159 e. The number of benzene rings is 8. The van der Waals surface area contributed by atoms with Gasteiger partial charge in [0.05, 0.1) is 27.8 Å². The van der Waals surface area contributed by atoms with Gasteiger partial charge in [0.2, 0.25) is 0 Å². The molecule has 0 saturated carbocycles. The number of imidazole rings is 1. The quantitative estimate of drug-likeness (QED) is 0.177. The zero-order valence-corrected chi connectivity index (χ0v) is 32.1. The highest BCUT2D eigenvalue weighted by molar-refractivity contribution is 6.15. The number of fused-ring (bicyclic) bond motifs is 7. The summed E-state index contributed by atoms with van der Waals surface area (Å²) in [7, 11) is 0. The second-order valence-corrected chi connectivity index (χ2v) is 16.0. The Morgan fingerprint density at radius 3 is 1.84 bits per heavy atom. The van der Waals surface area contributed by atoms with Gasteiger partial charge in [-0.15, -0.1) is 0 Å². The lowest BCUT2D eigenvalue weighted by atomic mass is 9.81. The van der Waals surface area contributed by atoms with Crippen molar-refractivity contribution in [3.05, 3.63) is 188 Å². The second-order valence-electron chi connectivity index (χ2n) is 16.0. The molecule has 272 valence electrons. The van der Waals surface area contributed by atoms with Gasteiger partial charge in [-0.2, -0.15) is 0 Å². The lowest BCUT2D eigenvalue weighted by molar-refractivity contribution is 0.592. The van der Waals surface area contributed by atoms with Crippen molar-refractivity contribution in [2.75, 3.05) is 0 Å². The molecule has 0 aliphatic rings. The summed E-state index contributed by atoms with van der Waals surface area (Å²) in [5.41, 5.74) is 15.1. The molecule has 0 radical (unpaired) electrons. The molecule has 0 fully saturated rings. The van der Waals surface area contributed by atoms with E-state index < -0.39 is 0 Å². The summed E-state index contributed by atoms with van der Waals surface area (Å²) in [4.78, 5) is 5.13. The van der Waals surface area contributed by atoms with Gasteiger partial charge in [0, 0.05) is 38.4 Å². The molecule has 4 heteroatoms. The molecule has 3 heterocycles. The van der Waals surface area contributed by atoms with E-state index in [-0.39, 0.29) is 5.41 Å². The van der Waals surface area contributed by atoms with Crippen LogP contribution in [-0.4, -0.2) is 14.1 Å². The van der Waals surface area contributed by atoms with Gasteiger partial charge < -0.3 is 8.98 Å². The van der Waals surface area contributed by atoms with Crippen molar-refractivity contribution >= 4 is 54.8 Å². The molecule has 11 rings (SSSR count). The van der Waals surface area contributed by atoms with E-state index in [1.54, 1.807) is 0 Å². The average Bonchev–Trinajstić information content (AvgIpc) is 3.93. The first-order valence-corrected chi connectivity index (χ1v) is 19.6. The van der Waals surface area contributed by atoms with Gasteiger partial charge in [0.25, 0.3) is 0 Å². The number of furan rings is 1. The maximum atomic E-state index is 7.08. The van der Waals surface area contributed by atoms with Crippen LogP contribution in [0.3, 0.4) is 0 Å². The summed E-state index contributed by atoms with van der Waals surface area (Å²) < 4.78 is 11.8. The molecule has 3 aromatic heterocycles. The topological polar surface area (TPSA) is 35.9 Å². The third-order valence-corrected chi connectivity index (χ3v) is 11.5. The van der Waals surface area contributed by atoms with E-state index >= 15 is 0 Å². The molecule has 57 heavy (non-hydrogen) atoms. The molecule has 4 nitrogen and oxygen atoms in total. The van der Waals surface area contributed by atoms with Gasteiger partial charge in [-0.05, 0) is 82.3 Å². The number of rotatable bonds is 5. The van der Waals surface area contributed by atoms with E-state index in [0.29, 0.717) is 0 Å². The fraction of sp³-hybridized carbons (Fsp3) is 0.0755. The smallest absolute Gasteiger partial charge is 0.159 e. The molecule has 0 amide bonds. The fourth-order valence-corrected chi connectivity index (χ4v) is 8.82. The highest BCUT2D eigenvalue weighted by Crippen LogP contribution is 2.44. The number of hydrogen-bond acceptors (Lipinski definition) is 2. The van der Waals surface area contributed by atoms with Crippen molar-refractivity contribution in [3.8, 4) is 45.0 Å². The van der Waals surface area contributed by atoms with Gasteiger partial charge in [0.1, 0.15) is 11.4 Å². The predicted octanol–water partition coefficient (Wildman–Crippen LogP) is 14.3. The Morgan fingerprint density at radius 2 is 1.09 bits per heavy atom. The fourth-order valence-electron chi connectivity index (χ4n) is 8.82. The third-order valence-electron chi connectivity index (χ3n) is 11.5. The standard InChI is InChI=1S/C53H39N3O/c1-53(2,3)44-33-49-43(32-41(44)34-17-7-4-8-18-34)42-31-36(29-30-46(42)55(49)37-21-11-6-12-22-37)38-23-15-24-39-40-25-16-28-48(51(40)57-50(38)39)56-47-27-14-13-26-45(47)54-52(56)35-19-9-5-10-20-35/h4-33H,1-3H3. The number of nitrogens with zero attached hydrogens (tertiary/aromatic N) is 3. The molecule has 0 spiro atoms. The van der Waals surface area contributed by atoms with Gasteiger partial charge in [-0.25, -0.2) is 4.98 Å². The van der Waals surface area contributed by atoms with Crippen molar-refractivity contribution in [1.82, 2.24) is 14.1 Å². The van der Waals surface area contributed by atoms with E-state index in [0.717, 1.165) is 66.9 Å². The molecular weight excluding hydrogens is 695 g/mol. The van der Waals surface area contributed by atoms with Crippen molar-refractivity contribution < 1.29 is 4.42 Å². The first-order valence-electron chi connectivity index (χ1n) is 19.6. The minimum Gasteiger partial charge on any atom is -0.453 e. The first-order chi connectivity index (χ1) is 27.9. The van der Waals surface area contributed by atoms with Crippen LogP contribution in [0.2, 0.25) is 0 Å². The number of hydrogen-bond donors (Lipinski definition) is 0. The molecule has 0 aliphatic carbocycles. The Bertz CT molecular complexity index is 3310. The van der Waals surface area contributed by atoms with Gasteiger partial charge in [0.15, 0.2) is 5.58 Å². The molecule has 0 atom stereocenters. The van der Waals surface area contributed by atoms with E-state index in [1.165, 1.54) is 38.5 Å². The van der Waals surface area contributed by atoms with Gasteiger partial charge in [-0.1, -0.05) is 148 Å². The molecule has 0 bridgehead atoms. The summed E-state index contributed by atoms with van der Waals surface area (Å²) in [6.07, 6.45) is 0. The van der Waals surface area contributed by atoms with Crippen LogP contribution in [-0.2, 0) is 5.41 Å². The lowest BCUT2D eigenvalue weighted by Crippen LogP contribution is -2.13. The van der Waals surface area contributed by atoms with Crippen LogP contribution in [0.5, 0.6) is 0 Å². The van der Waals surface area contributed by atoms with Crippen molar-refractivity contribution in [3.63, 3.8) is 0 Å². The Balaban J connectivity index is 1.16. The predicted molar refractivity (Wildman–Crippen MR) is 238 cm³/mol. The molecule has 0 saturated heterocycles. The number of para-hydroxylation sites is 5. The number of aromatic nitrogens is 3. The zero-order valence-electron chi connectivity index (χ0n) is 32.1. The van der Waals surface area contributed by atoms with Crippen molar-refractivity contribution in [2.45, 2.75) is 26.2 Å². The van der Waals surface area contributed by atoms with Crippen LogP contribution in [0.4, 0.5) is 0 Å². The van der Waals surface area contributed by atoms with Crippen LogP contribution in [0, 0.1) is 0 Å². The van der Waals surface area contributed by atoms with Crippen LogP contribution in [0.1, 0.15) is 26.3 Å².